The van der Waals surface area contributed by atoms with Gasteiger partial charge in [-0.25, -0.2) is 9.37 Å². The molecule has 1 heterocycles. The molecule has 166 valence electrons. The van der Waals surface area contributed by atoms with Crippen molar-refractivity contribution in [1.29, 1.82) is 0 Å². The Morgan fingerprint density at radius 3 is 2.06 bits per heavy atom. The predicted octanol–water partition coefficient (Wildman–Crippen LogP) is 7.80. The first-order valence-electron chi connectivity index (χ1n) is 8.83. The number of hydrogen-bond acceptors (Lipinski definition) is 2. The second kappa shape index (κ2) is 7.94. The summed E-state index contributed by atoms with van der Waals surface area (Å²) in [6.45, 7) is 0. The van der Waals surface area contributed by atoms with Crippen LogP contribution in [0.15, 0.2) is 54.6 Å². The largest absolute Gasteiger partial charge is 0.457 e. The number of nitrogens with one attached hydrogen (secondary N) is 1. The number of imidazole rings is 1. The molecule has 3 nitrogen and oxygen atoms in total. The molecule has 1 N–H and O–H groups in total. The molecule has 0 amide bonds. The lowest BCUT2D eigenvalue weighted by Crippen LogP contribution is -2.11. The maximum absolute atomic E-state index is 14.2. The van der Waals surface area contributed by atoms with Gasteiger partial charge in [0.25, 0.3) is 0 Å². The van der Waals surface area contributed by atoms with Crippen LogP contribution < -0.4 is 4.74 Å². The van der Waals surface area contributed by atoms with Crippen LogP contribution in [0.4, 0.5) is 30.7 Å². The van der Waals surface area contributed by atoms with Gasteiger partial charge < -0.3 is 9.72 Å². The molecular weight excluding hydrogens is 556 g/mol. The minimum Gasteiger partial charge on any atom is -0.457 e. The SMILES string of the molecule is Fc1cccc(I)c1-c1nc2ccc(Oc3cc(C(F)(F)F)cc(C(F)(F)F)c3)cc2[nH]1. The number of alkyl halides is 6. The molecule has 0 aliphatic rings. The molecule has 0 saturated heterocycles. The molecule has 32 heavy (non-hydrogen) atoms. The van der Waals surface area contributed by atoms with Gasteiger partial charge in [-0.1, -0.05) is 6.07 Å². The van der Waals surface area contributed by atoms with E-state index in [2.05, 4.69) is 9.97 Å². The highest BCUT2D eigenvalue weighted by molar-refractivity contribution is 14.1. The summed E-state index contributed by atoms with van der Waals surface area (Å²) in [6, 6.07) is 9.64. The van der Waals surface area contributed by atoms with Gasteiger partial charge in [0.1, 0.15) is 23.1 Å². The smallest absolute Gasteiger partial charge is 0.416 e. The van der Waals surface area contributed by atoms with Gasteiger partial charge in [-0.05, 0) is 65.1 Å². The lowest BCUT2D eigenvalue weighted by Gasteiger charge is -2.14. The molecule has 3 aromatic carbocycles. The first kappa shape index (κ1) is 22.4. The van der Waals surface area contributed by atoms with Crippen LogP contribution >= 0.6 is 22.6 Å². The number of aromatic nitrogens is 2. The third-order valence-electron chi connectivity index (χ3n) is 4.45. The van der Waals surface area contributed by atoms with Gasteiger partial charge in [0.15, 0.2) is 0 Å². The Kier molecular flexibility index (Phi) is 5.55. The Hall–Kier alpha value is -2.83. The molecule has 11 heteroatoms. The Morgan fingerprint density at radius 2 is 1.47 bits per heavy atom. The third kappa shape index (κ3) is 4.52. The summed E-state index contributed by atoms with van der Waals surface area (Å²) in [5.41, 5.74) is -1.96. The molecule has 0 unspecified atom stereocenters. The fourth-order valence-corrected chi connectivity index (χ4v) is 3.74. The number of rotatable bonds is 3. The highest BCUT2D eigenvalue weighted by atomic mass is 127. The van der Waals surface area contributed by atoms with E-state index in [1.165, 1.54) is 24.3 Å². The summed E-state index contributed by atoms with van der Waals surface area (Å²) in [5.74, 6) is -0.938. The van der Waals surface area contributed by atoms with E-state index in [0.29, 0.717) is 26.7 Å². The number of nitrogens with zero attached hydrogens (tertiary/aromatic N) is 1. The van der Waals surface area contributed by atoms with Crippen molar-refractivity contribution in [3.63, 3.8) is 0 Å². The van der Waals surface area contributed by atoms with Crippen molar-refractivity contribution in [1.82, 2.24) is 9.97 Å². The molecule has 0 atom stereocenters. The highest BCUT2D eigenvalue weighted by Gasteiger charge is 2.37. The van der Waals surface area contributed by atoms with Crippen molar-refractivity contribution >= 4 is 33.6 Å². The summed E-state index contributed by atoms with van der Waals surface area (Å²) in [5, 5.41) is 0. The number of halogens is 8. The monoisotopic (exact) mass is 566 g/mol. The summed E-state index contributed by atoms with van der Waals surface area (Å²) in [6.07, 6.45) is -9.98. The predicted molar refractivity (Wildman–Crippen MR) is 111 cm³/mol. The molecule has 0 fully saturated rings. The summed E-state index contributed by atoms with van der Waals surface area (Å²) in [4.78, 5) is 7.19. The molecule has 0 radical (unpaired) electrons. The van der Waals surface area contributed by atoms with Crippen molar-refractivity contribution in [3.8, 4) is 22.9 Å². The average molecular weight is 566 g/mol. The molecule has 0 aliphatic heterocycles. The Balaban J connectivity index is 1.72. The first-order valence-corrected chi connectivity index (χ1v) is 9.91. The van der Waals surface area contributed by atoms with Crippen LogP contribution in [0, 0.1) is 9.39 Å². The van der Waals surface area contributed by atoms with E-state index in [9.17, 15) is 30.7 Å². The van der Waals surface area contributed by atoms with Crippen LogP contribution in [0.3, 0.4) is 0 Å². The summed E-state index contributed by atoms with van der Waals surface area (Å²) < 4.78 is 98.4. The van der Waals surface area contributed by atoms with E-state index in [1.807, 2.05) is 22.6 Å². The van der Waals surface area contributed by atoms with Crippen LogP contribution in [0.5, 0.6) is 11.5 Å². The average Bonchev–Trinajstić information content (AvgIpc) is 3.09. The van der Waals surface area contributed by atoms with Crippen LogP contribution in [-0.4, -0.2) is 9.97 Å². The second-order valence-electron chi connectivity index (χ2n) is 6.70. The zero-order chi connectivity index (χ0) is 23.3. The van der Waals surface area contributed by atoms with Crippen LogP contribution in [0.25, 0.3) is 22.4 Å². The zero-order valence-corrected chi connectivity index (χ0v) is 17.7. The maximum Gasteiger partial charge on any atom is 0.416 e. The van der Waals surface area contributed by atoms with Gasteiger partial charge in [0.05, 0.1) is 27.7 Å². The van der Waals surface area contributed by atoms with Gasteiger partial charge >= 0.3 is 12.4 Å². The van der Waals surface area contributed by atoms with E-state index in [-0.39, 0.29) is 23.2 Å². The van der Waals surface area contributed by atoms with Gasteiger partial charge in [-0.3, -0.25) is 0 Å². The second-order valence-corrected chi connectivity index (χ2v) is 7.87. The van der Waals surface area contributed by atoms with Crippen molar-refractivity contribution in [2.75, 3.05) is 0 Å². The lowest BCUT2D eigenvalue weighted by molar-refractivity contribution is -0.143. The van der Waals surface area contributed by atoms with Gasteiger partial charge in [-0.2, -0.15) is 26.3 Å². The van der Waals surface area contributed by atoms with Gasteiger partial charge in [0, 0.05) is 9.64 Å². The summed E-state index contributed by atoms with van der Waals surface area (Å²) in [7, 11) is 0. The van der Waals surface area contributed by atoms with Crippen molar-refractivity contribution in [3.05, 3.63) is 75.1 Å². The number of benzene rings is 3. The molecule has 4 rings (SSSR count). The highest BCUT2D eigenvalue weighted by Crippen LogP contribution is 2.39. The maximum atomic E-state index is 14.2. The molecule has 0 bridgehead atoms. The number of aromatic amines is 1. The van der Waals surface area contributed by atoms with Crippen molar-refractivity contribution in [2.45, 2.75) is 12.4 Å². The molecule has 4 aromatic rings. The van der Waals surface area contributed by atoms with Gasteiger partial charge in [-0.15, -0.1) is 0 Å². The van der Waals surface area contributed by atoms with E-state index in [4.69, 9.17) is 4.74 Å². The molecule has 1 aromatic heterocycles. The van der Waals surface area contributed by atoms with E-state index >= 15 is 0 Å². The molecular formula is C21H10F7IN2O. The minimum atomic E-state index is -4.99. The van der Waals surface area contributed by atoms with E-state index in [0.717, 1.165) is 0 Å². The fraction of sp³-hybridized carbons (Fsp3) is 0.0952. The number of H-pyrrole nitrogens is 1. The summed E-state index contributed by atoms with van der Waals surface area (Å²) >= 11 is 1.95. The number of ether oxygens (including phenoxy) is 1. The van der Waals surface area contributed by atoms with Crippen LogP contribution in [0.2, 0.25) is 0 Å². The molecule has 0 aliphatic carbocycles. The Labute approximate surface area is 189 Å². The van der Waals surface area contributed by atoms with Crippen molar-refractivity contribution in [2.24, 2.45) is 0 Å². The number of hydrogen-bond donors (Lipinski definition) is 1. The van der Waals surface area contributed by atoms with Crippen molar-refractivity contribution < 1.29 is 35.5 Å². The van der Waals surface area contributed by atoms with Crippen LogP contribution in [0.1, 0.15) is 11.1 Å². The number of fused-ring (bicyclic) bond motifs is 1. The molecule has 0 saturated carbocycles. The van der Waals surface area contributed by atoms with E-state index < -0.39 is 35.0 Å². The minimum absolute atomic E-state index is 0.0211. The fourth-order valence-electron chi connectivity index (χ4n) is 3.02. The Bertz CT molecular complexity index is 1260. The zero-order valence-electron chi connectivity index (χ0n) is 15.6. The van der Waals surface area contributed by atoms with Crippen LogP contribution in [-0.2, 0) is 12.4 Å². The third-order valence-corrected chi connectivity index (χ3v) is 5.35. The quantitative estimate of drug-likeness (QED) is 0.203. The lowest BCUT2D eigenvalue weighted by atomic mass is 10.1. The van der Waals surface area contributed by atoms with Gasteiger partial charge in [0.2, 0.25) is 0 Å². The standard InChI is InChI=1S/C21H10F7IN2O/c22-14-2-1-3-15(29)18(14)19-30-16-5-4-12(9-17(16)31-19)32-13-7-10(20(23,24)25)6-11(8-13)21(26,27)28/h1-9H,(H,30,31). The Morgan fingerprint density at radius 1 is 0.812 bits per heavy atom. The normalized spacial score (nSPS) is 12.4. The topological polar surface area (TPSA) is 37.9 Å². The van der Waals surface area contributed by atoms with E-state index in [1.54, 1.807) is 12.1 Å². The molecule has 0 spiro atoms. The first-order chi connectivity index (χ1) is 14.9.